The SMILES string of the molecule is CCN(CC)c1nc2c(cc1CNc1ccc(-c3ccc(Cl)cc3)cn1)c(C)nn2C. The first-order chi connectivity index (χ1) is 15.0. The summed E-state index contributed by atoms with van der Waals surface area (Å²) in [4.78, 5) is 11.8. The van der Waals surface area contributed by atoms with Gasteiger partial charge in [-0.15, -0.1) is 0 Å². The third-order valence-electron chi connectivity index (χ3n) is 5.52. The summed E-state index contributed by atoms with van der Waals surface area (Å²) in [5.41, 5.74) is 5.18. The molecule has 4 rings (SSSR count). The van der Waals surface area contributed by atoms with E-state index in [4.69, 9.17) is 16.6 Å². The fraction of sp³-hybridized carbons (Fsp3) is 0.292. The lowest BCUT2D eigenvalue weighted by Gasteiger charge is -2.23. The fourth-order valence-electron chi connectivity index (χ4n) is 3.80. The normalized spacial score (nSPS) is 11.1. The number of hydrogen-bond acceptors (Lipinski definition) is 5. The van der Waals surface area contributed by atoms with Crippen molar-refractivity contribution in [1.29, 1.82) is 0 Å². The van der Waals surface area contributed by atoms with Crippen molar-refractivity contribution in [3.8, 4) is 11.1 Å². The van der Waals surface area contributed by atoms with Gasteiger partial charge in [0.25, 0.3) is 0 Å². The zero-order valence-corrected chi connectivity index (χ0v) is 19.1. The number of anilines is 2. The maximum Gasteiger partial charge on any atom is 0.160 e. The van der Waals surface area contributed by atoms with Gasteiger partial charge in [-0.05, 0) is 56.7 Å². The summed E-state index contributed by atoms with van der Waals surface area (Å²) in [5.74, 6) is 1.82. The second-order valence-corrected chi connectivity index (χ2v) is 7.95. The number of hydrogen-bond donors (Lipinski definition) is 1. The van der Waals surface area contributed by atoms with Crippen molar-refractivity contribution in [2.75, 3.05) is 23.3 Å². The van der Waals surface area contributed by atoms with Gasteiger partial charge in [0.1, 0.15) is 11.6 Å². The molecule has 0 bridgehead atoms. The Kier molecular flexibility index (Phi) is 6.09. The topological polar surface area (TPSA) is 58.9 Å². The van der Waals surface area contributed by atoms with E-state index in [0.29, 0.717) is 6.54 Å². The van der Waals surface area contributed by atoms with Crippen LogP contribution in [0.25, 0.3) is 22.2 Å². The van der Waals surface area contributed by atoms with Crippen LogP contribution < -0.4 is 10.2 Å². The van der Waals surface area contributed by atoms with Crippen LogP contribution in [0.1, 0.15) is 25.1 Å². The zero-order valence-electron chi connectivity index (χ0n) is 18.4. The molecule has 6 nitrogen and oxygen atoms in total. The highest BCUT2D eigenvalue weighted by Gasteiger charge is 2.16. The molecule has 0 fully saturated rings. The monoisotopic (exact) mass is 434 g/mol. The van der Waals surface area contributed by atoms with Crippen molar-refractivity contribution in [2.24, 2.45) is 7.05 Å². The third-order valence-corrected chi connectivity index (χ3v) is 5.77. The van der Waals surface area contributed by atoms with E-state index < -0.39 is 0 Å². The van der Waals surface area contributed by atoms with Gasteiger partial charge in [-0.1, -0.05) is 23.7 Å². The van der Waals surface area contributed by atoms with Gasteiger partial charge in [0.15, 0.2) is 5.65 Å². The number of nitrogens with zero attached hydrogens (tertiary/aromatic N) is 5. The summed E-state index contributed by atoms with van der Waals surface area (Å²) in [6.07, 6.45) is 1.88. The van der Waals surface area contributed by atoms with Crippen LogP contribution >= 0.6 is 11.6 Å². The van der Waals surface area contributed by atoms with Crippen molar-refractivity contribution in [3.63, 3.8) is 0 Å². The molecular weight excluding hydrogens is 408 g/mol. The minimum atomic E-state index is 0.635. The summed E-state index contributed by atoms with van der Waals surface area (Å²) < 4.78 is 1.85. The fourth-order valence-corrected chi connectivity index (χ4v) is 3.93. The third kappa shape index (κ3) is 4.35. The molecule has 0 aliphatic heterocycles. The van der Waals surface area contributed by atoms with Crippen LogP contribution in [0.15, 0.2) is 48.7 Å². The molecule has 0 atom stereocenters. The highest BCUT2D eigenvalue weighted by atomic mass is 35.5. The number of aryl methyl sites for hydroxylation is 2. The van der Waals surface area contributed by atoms with Crippen LogP contribution in [-0.2, 0) is 13.6 Å². The average molecular weight is 435 g/mol. The van der Waals surface area contributed by atoms with E-state index in [2.05, 4.69) is 46.3 Å². The van der Waals surface area contributed by atoms with Gasteiger partial charge in [0, 0.05) is 54.4 Å². The van der Waals surface area contributed by atoms with Crippen molar-refractivity contribution in [3.05, 3.63) is 64.9 Å². The van der Waals surface area contributed by atoms with Crippen LogP contribution in [0.4, 0.5) is 11.6 Å². The number of halogens is 1. The van der Waals surface area contributed by atoms with Gasteiger partial charge in [0.2, 0.25) is 0 Å². The number of aromatic nitrogens is 4. The lowest BCUT2D eigenvalue weighted by atomic mass is 10.1. The molecule has 4 aromatic rings. The molecule has 0 amide bonds. The number of benzene rings is 1. The Balaban J connectivity index is 1.59. The van der Waals surface area contributed by atoms with Crippen LogP contribution in [0.5, 0.6) is 0 Å². The summed E-state index contributed by atoms with van der Waals surface area (Å²) >= 11 is 5.99. The summed E-state index contributed by atoms with van der Waals surface area (Å²) in [6, 6.07) is 14.1. The molecule has 0 saturated heterocycles. The average Bonchev–Trinajstić information content (AvgIpc) is 3.06. The van der Waals surface area contributed by atoms with E-state index in [1.165, 1.54) is 0 Å². The molecule has 3 heterocycles. The molecule has 31 heavy (non-hydrogen) atoms. The van der Waals surface area contributed by atoms with Gasteiger partial charge in [-0.3, -0.25) is 4.68 Å². The highest BCUT2D eigenvalue weighted by molar-refractivity contribution is 6.30. The van der Waals surface area contributed by atoms with Crippen molar-refractivity contribution in [1.82, 2.24) is 19.7 Å². The van der Waals surface area contributed by atoms with Gasteiger partial charge < -0.3 is 10.2 Å². The Morgan fingerprint density at radius 1 is 1.03 bits per heavy atom. The maximum atomic E-state index is 5.99. The quantitative estimate of drug-likeness (QED) is 0.419. The lowest BCUT2D eigenvalue weighted by molar-refractivity contribution is 0.768. The van der Waals surface area contributed by atoms with Crippen LogP contribution in [0.2, 0.25) is 5.02 Å². The minimum Gasteiger partial charge on any atom is -0.366 e. The Labute approximate surface area is 187 Å². The lowest BCUT2D eigenvalue weighted by Crippen LogP contribution is -2.25. The van der Waals surface area contributed by atoms with E-state index in [9.17, 15) is 0 Å². The standard InChI is InChI=1S/C24H27ClN6/c1-5-31(6-2)23-19(13-21-16(3)29-30(4)24(21)28-23)15-27-22-12-9-18(14-26-22)17-7-10-20(25)11-8-17/h7-14H,5-6,15H2,1-4H3,(H,26,27). The number of rotatable bonds is 7. The zero-order chi connectivity index (χ0) is 22.0. The maximum absolute atomic E-state index is 5.99. The Hall–Kier alpha value is -3.12. The molecule has 7 heteroatoms. The highest BCUT2D eigenvalue weighted by Crippen LogP contribution is 2.27. The molecular formula is C24H27ClN6. The minimum absolute atomic E-state index is 0.635. The van der Waals surface area contributed by atoms with E-state index >= 15 is 0 Å². The van der Waals surface area contributed by atoms with Crippen LogP contribution in [0.3, 0.4) is 0 Å². The summed E-state index contributed by atoms with van der Waals surface area (Å²) in [7, 11) is 1.94. The Morgan fingerprint density at radius 2 is 1.74 bits per heavy atom. The Morgan fingerprint density at radius 3 is 2.39 bits per heavy atom. The second kappa shape index (κ2) is 8.94. The predicted molar refractivity (Wildman–Crippen MR) is 129 cm³/mol. The van der Waals surface area contributed by atoms with Gasteiger partial charge >= 0.3 is 0 Å². The van der Waals surface area contributed by atoms with Crippen molar-refractivity contribution in [2.45, 2.75) is 27.3 Å². The molecule has 0 aliphatic rings. The summed E-state index contributed by atoms with van der Waals surface area (Å²) in [6.45, 7) is 8.75. The van der Waals surface area contributed by atoms with E-state index in [1.807, 2.05) is 55.2 Å². The molecule has 0 spiro atoms. The van der Waals surface area contributed by atoms with E-state index in [-0.39, 0.29) is 0 Å². The first kappa shape index (κ1) is 21.1. The first-order valence-electron chi connectivity index (χ1n) is 10.5. The van der Waals surface area contributed by atoms with Gasteiger partial charge in [-0.2, -0.15) is 5.10 Å². The first-order valence-corrected chi connectivity index (χ1v) is 10.9. The number of nitrogens with one attached hydrogen (secondary N) is 1. The van der Waals surface area contributed by atoms with Gasteiger partial charge in [0.05, 0.1) is 5.69 Å². The molecule has 1 aromatic carbocycles. The molecule has 1 N–H and O–H groups in total. The molecule has 0 unspecified atom stereocenters. The predicted octanol–water partition coefficient (Wildman–Crippen LogP) is 5.45. The van der Waals surface area contributed by atoms with Gasteiger partial charge in [-0.25, -0.2) is 9.97 Å². The smallest absolute Gasteiger partial charge is 0.160 e. The van der Waals surface area contributed by atoms with Crippen molar-refractivity contribution >= 4 is 34.3 Å². The van der Waals surface area contributed by atoms with Crippen molar-refractivity contribution < 1.29 is 0 Å². The summed E-state index contributed by atoms with van der Waals surface area (Å²) in [5, 5.41) is 9.81. The van der Waals surface area contributed by atoms with E-state index in [1.54, 1.807) is 0 Å². The number of fused-ring (bicyclic) bond motifs is 1. The molecule has 0 saturated carbocycles. The molecule has 3 aromatic heterocycles. The molecule has 0 radical (unpaired) electrons. The number of pyridine rings is 2. The van der Waals surface area contributed by atoms with Crippen LogP contribution in [0, 0.1) is 6.92 Å². The Bertz CT molecular complexity index is 1180. The molecule has 160 valence electrons. The molecule has 0 aliphatic carbocycles. The second-order valence-electron chi connectivity index (χ2n) is 7.52. The largest absolute Gasteiger partial charge is 0.366 e. The van der Waals surface area contributed by atoms with Crippen LogP contribution in [-0.4, -0.2) is 32.8 Å². The van der Waals surface area contributed by atoms with E-state index in [0.717, 1.165) is 63.2 Å².